The molecule has 1 amide bonds. The van der Waals surface area contributed by atoms with Crippen molar-refractivity contribution in [2.45, 2.75) is 25.7 Å². The van der Waals surface area contributed by atoms with E-state index in [0.29, 0.717) is 6.54 Å². The number of carbonyl (C=O) groups is 1. The number of aryl methyl sites for hydroxylation is 1. The lowest BCUT2D eigenvalue weighted by Crippen LogP contribution is -2.39. The van der Waals surface area contributed by atoms with Gasteiger partial charge in [0.1, 0.15) is 11.3 Å². The van der Waals surface area contributed by atoms with Crippen LogP contribution in [0.15, 0.2) is 64.4 Å². The Balaban J connectivity index is 1.37. The maximum atomic E-state index is 13.2. The van der Waals surface area contributed by atoms with Crippen molar-refractivity contribution in [3.63, 3.8) is 0 Å². The van der Waals surface area contributed by atoms with Crippen molar-refractivity contribution in [3.8, 4) is 10.6 Å². The van der Waals surface area contributed by atoms with Crippen LogP contribution >= 0.6 is 11.3 Å². The van der Waals surface area contributed by atoms with E-state index in [9.17, 15) is 4.79 Å². The van der Waals surface area contributed by atoms with Crippen molar-refractivity contribution < 1.29 is 9.21 Å². The van der Waals surface area contributed by atoms with Gasteiger partial charge in [-0.15, -0.1) is 11.3 Å². The van der Waals surface area contributed by atoms with Gasteiger partial charge in [0.25, 0.3) is 5.91 Å². The molecule has 1 aliphatic rings. The van der Waals surface area contributed by atoms with Crippen molar-refractivity contribution in [1.29, 1.82) is 0 Å². The standard InChI is InChI=1S/C24H22N2O2S/c1-16-13-19-14-17(9-10-22(19)28-16)24(27)26-11-3-5-18(15-26)20-6-2-7-21(25-20)23-8-4-12-29-23/h2,4,6-10,12-14,18H,3,5,11,15H2,1H3/t18-/m0/s1. The van der Waals surface area contributed by atoms with Crippen LogP contribution in [0.25, 0.3) is 21.5 Å². The molecule has 1 aromatic carbocycles. The second kappa shape index (κ2) is 7.48. The number of pyridine rings is 1. The summed E-state index contributed by atoms with van der Waals surface area (Å²) in [5.74, 6) is 1.22. The van der Waals surface area contributed by atoms with Crippen molar-refractivity contribution in [2.75, 3.05) is 13.1 Å². The van der Waals surface area contributed by atoms with Gasteiger partial charge >= 0.3 is 0 Å². The number of aromatic nitrogens is 1. The molecule has 1 atom stereocenters. The van der Waals surface area contributed by atoms with Gasteiger partial charge in [0.15, 0.2) is 0 Å². The first-order chi connectivity index (χ1) is 14.2. The van der Waals surface area contributed by atoms with Gasteiger partial charge in [-0.2, -0.15) is 0 Å². The Bertz CT molecular complexity index is 1160. The molecule has 0 unspecified atom stereocenters. The summed E-state index contributed by atoms with van der Waals surface area (Å²) in [6, 6.07) is 18.1. The second-order valence-corrected chi connectivity index (χ2v) is 8.57. The molecule has 0 N–H and O–H groups in total. The fourth-order valence-electron chi connectivity index (χ4n) is 4.14. The Labute approximate surface area is 173 Å². The van der Waals surface area contributed by atoms with Crippen LogP contribution in [0.1, 0.15) is 40.6 Å². The Hall–Kier alpha value is -2.92. The number of fused-ring (bicyclic) bond motifs is 1. The number of hydrogen-bond donors (Lipinski definition) is 0. The van der Waals surface area contributed by atoms with Crippen LogP contribution in [0.3, 0.4) is 0 Å². The Morgan fingerprint density at radius 2 is 2.10 bits per heavy atom. The monoisotopic (exact) mass is 402 g/mol. The number of nitrogens with zero attached hydrogens (tertiary/aromatic N) is 2. The SMILES string of the molecule is Cc1cc2cc(C(=O)N3CCC[C@H](c4cccc(-c5cccs5)n4)C3)ccc2o1. The molecule has 1 saturated heterocycles. The van der Waals surface area contributed by atoms with Gasteiger partial charge in [0.2, 0.25) is 0 Å². The molecule has 0 radical (unpaired) electrons. The topological polar surface area (TPSA) is 46.3 Å². The van der Waals surface area contributed by atoms with Crippen LogP contribution in [0.4, 0.5) is 0 Å². The number of carbonyl (C=O) groups excluding carboxylic acids is 1. The van der Waals surface area contributed by atoms with Crippen LogP contribution < -0.4 is 0 Å². The zero-order chi connectivity index (χ0) is 19.8. The maximum absolute atomic E-state index is 13.2. The molecule has 0 aliphatic carbocycles. The summed E-state index contributed by atoms with van der Waals surface area (Å²) in [6.45, 7) is 3.43. The highest BCUT2D eigenvalue weighted by molar-refractivity contribution is 7.13. The minimum atomic E-state index is 0.0878. The third-order valence-electron chi connectivity index (χ3n) is 5.56. The highest BCUT2D eigenvalue weighted by atomic mass is 32.1. The molecular formula is C24H22N2O2S. The molecule has 29 heavy (non-hydrogen) atoms. The predicted octanol–water partition coefficient (Wildman–Crippen LogP) is 5.88. The van der Waals surface area contributed by atoms with Crippen LogP contribution in [-0.4, -0.2) is 28.9 Å². The van der Waals surface area contributed by atoms with Crippen LogP contribution in [0.2, 0.25) is 0 Å². The molecule has 1 aliphatic heterocycles. The maximum Gasteiger partial charge on any atom is 0.253 e. The van der Waals surface area contributed by atoms with E-state index in [1.165, 1.54) is 4.88 Å². The van der Waals surface area contributed by atoms with Crippen LogP contribution in [-0.2, 0) is 0 Å². The lowest BCUT2D eigenvalue weighted by atomic mass is 9.93. The Kier molecular flexibility index (Phi) is 4.68. The van der Waals surface area contributed by atoms with Crippen molar-refractivity contribution in [1.82, 2.24) is 9.88 Å². The molecule has 4 heterocycles. The van der Waals surface area contributed by atoms with Gasteiger partial charge in [-0.3, -0.25) is 9.78 Å². The van der Waals surface area contributed by atoms with E-state index in [1.54, 1.807) is 11.3 Å². The number of likely N-dealkylation sites (tertiary alicyclic amines) is 1. The zero-order valence-corrected chi connectivity index (χ0v) is 17.1. The molecule has 0 bridgehead atoms. The molecule has 146 valence electrons. The van der Waals surface area contributed by atoms with Crippen molar-refractivity contribution in [2.24, 2.45) is 0 Å². The lowest BCUT2D eigenvalue weighted by molar-refractivity contribution is 0.0706. The fourth-order valence-corrected chi connectivity index (χ4v) is 4.83. The summed E-state index contributed by atoms with van der Waals surface area (Å²) in [5.41, 5.74) is 3.64. The van der Waals surface area contributed by atoms with Crippen LogP contribution in [0, 0.1) is 6.92 Å². The second-order valence-electron chi connectivity index (χ2n) is 7.62. The smallest absolute Gasteiger partial charge is 0.253 e. The zero-order valence-electron chi connectivity index (χ0n) is 16.3. The van der Waals surface area contributed by atoms with Gasteiger partial charge in [-0.1, -0.05) is 12.1 Å². The van der Waals surface area contributed by atoms with Crippen LogP contribution in [0.5, 0.6) is 0 Å². The summed E-state index contributed by atoms with van der Waals surface area (Å²) in [5, 5.41) is 3.05. The molecular weight excluding hydrogens is 380 g/mol. The van der Waals surface area contributed by atoms with E-state index in [0.717, 1.165) is 53.1 Å². The average Bonchev–Trinajstić information content (AvgIpc) is 3.42. The minimum Gasteiger partial charge on any atom is -0.461 e. The largest absolute Gasteiger partial charge is 0.461 e. The molecule has 4 nitrogen and oxygen atoms in total. The number of furan rings is 1. The first-order valence-electron chi connectivity index (χ1n) is 9.98. The third kappa shape index (κ3) is 3.58. The van der Waals surface area contributed by atoms with E-state index < -0.39 is 0 Å². The molecule has 3 aromatic heterocycles. The highest BCUT2D eigenvalue weighted by Gasteiger charge is 2.26. The van der Waals surface area contributed by atoms with E-state index in [-0.39, 0.29) is 11.8 Å². The van der Waals surface area contributed by atoms with Gasteiger partial charge in [0, 0.05) is 35.7 Å². The first kappa shape index (κ1) is 18.1. The minimum absolute atomic E-state index is 0.0878. The summed E-state index contributed by atoms with van der Waals surface area (Å²) in [7, 11) is 0. The lowest BCUT2D eigenvalue weighted by Gasteiger charge is -2.32. The van der Waals surface area contributed by atoms with E-state index in [1.807, 2.05) is 42.2 Å². The number of piperidine rings is 1. The number of amides is 1. The summed E-state index contributed by atoms with van der Waals surface area (Å²) in [4.78, 5) is 21.2. The number of hydrogen-bond acceptors (Lipinski definition) is 4. The molecule has 0 saturated carbocycles. The Morgan fingerprint density at radius 3 is 2.97 bits per heavy atom. The van der Waals surface area contributed by atoms with Gasteiger partial charge in [-0.25, -0.2) is 0 Å². The summed E-state index contributed by atoms with van der Waals surface area (Å²) in [6.07, 6.45) is 2.05. The van der Waals surface area contributed by atoms with Gasteiger partial charge in [0.05, 0.1) is 10.6 Å². The predicted molar refractivity (Wildman–Crippen MR) is 116 cm³/mol. The summed E-state index contributed by atoms with van der Waals surface area (Å²) >= 11 is 1.70. The van der Waals surface area contributed by atoms with Gasteiger partial charge < -0.3 is 9.32 Å². The summed E-state index contributed by atoms with van der Waals surface area (Å²) < 4.78 is 5.63. The molecule has 5 rings (SSSR count). The van der Waals surface area contributed by atoms with Gasteiger partial charge in [-0.05, 0) is 67.6 Å². The quantitative estimate of drug-likeness (QED) is 0.430. The van der Waals surface area contributed by atoms with E-state index >= 15 is 0 Å². The first-order valence-corrected chi connectivity index (χ1v) is 10.9. The van der Waals surface area contributed by atoms with Crippen molar-refractivity contribution in [3.05, 3.63) is 77.0 Å². The number of rotatable bonds is 3. The normalized spacial score (nSPS) is 17.0. The van der Waals surface area contributed by atoms with E-state index in [4.69, 9.17) is 9.40 Å². The molecule has 4 aromatic rings. The fraction of sp³-hybridized carbons (Fsp3) is 0.250. The number of benzene rings is 1. The molecule has 0 spiro atoms. The van der Waals surface area contributed by atoms with Crippen molar-refractivity contribution >= 4 is 28.2 Å². The molecule has 5 heteroatoms. The Morgan fingerprint density at radius 1 is 1.17 bits per heavy atom. The molecule has 1 fully saturated rings. The third-order valence-corrected chi connectivity index (χ3v) is 6.45. The average molecular weight is 403 g/mol. The number of thiophene rings is 1. The van der Waals surface area contributed by atoms with E-state index in [2.05, 4.69) is 29.6 Å². The highest BCUT2D eigenvalue weighted by Crippen LogP contribution is 2.30.